The van der Waals surface area contributed by atoms with Crippen molar-refractivity contribution in [1.82, 2.24) is 24.3 Å². The van der Waals surface area contributed by atoms with Crippen LogP contribution >= 0.6 is 0 Å². The third-order valence-electron chi connectivity index (χ3n) is 6.20. The molecule has 0 saturated carbocycles. The van der Waals surface area contributed by atoms with Crippen molar-refractivity contribution in [2.75, 3.05) is 12.4 Å². The van der Waals surface area contributed by atoms with Crippen LogP contribution in [0.3, 0.4) is 0 Å². The van der Waals surface area contributed by atoms with Gasteiger partial charge in [0.1, 0.15) is 11.6 Å². The molecule has 1 unspecified atom stereocenters. The summed E-state index contributed by atoms with van der Waals surface area (Å²) in [6.07, 6.45) is 0.567. The van der Waals surface area contributed by atoms with Crippen molar-refractivity contribution in [3.63, 3.8) is 0 Å². The number of halogens is 3. The number of benzene rings is 2. The minimum absolute atomic E-state index is 0.245. The zero-order valence-electron chi connectivity index (χ0n) is 19.4. The molecule has 182 valence electrons. The van der Waals surface area contributed by atoms with E-state index in [0.717, 1.165) is 29.4 Å². The van der Waals surface area contributed by atoms with Crippen LogP contribution in [0.25, 0.3) is 5.69 Å². The molecule has 35 heavy (non-hydrogen) atoms. The average molecular weight is 483 g/mol. The number of hydrogen-bond donors (Lipinski definition) is 1. The molecule has 0 bridgehead atoms. The smallest absolute Gasteiger partial charge is 0.416 e. The molecule has 0 saturated heterocycles. The maximum absolute atomic E-state index is 13.6. The van der Waals surface area contributed by atoms with E-state index in [9.17, 15) is 13.2 Å². The first-order valence-corrected chi connectivity index (χ1v) is 11.4. The number of imidazole rings is 1. The summed E-state index contributed by atoms with van der Waals surface area (Å²) in [5, 5.41) is 7.72. The molecule has 0 fully saturated rings. The molecule has 2 aromatic heterocycles. The molecule has 7 nitrogen and oxygen atoms in total. The third-order valence-corrected chi connectivity index (χ3v) is 6.20. The van der Waals surface area contributed by atoms with E-state index >= 15 is 0 Å². The molecule has 0 spiro atoms. The van der Waals surface area contributed by atoms with Crippen LogP contribution in [-0.4, -0.2) is 31.4 Å². The van der Waals surface area contributed by atoms with E-state index in [-0.39, 0.29) is 5.56 Å². The number of nitrogens with one attached hydrogen (secondary N) is 1. The fourth-order valence-electron chi connectivity index (χ4n) is 4.56. The Kier molecular flexibility index (Phi) is 5.96. The van der Waals surface area contributed by atoms with Gasteiger partial charge in [-0.3, -0.25) is 0 Å². The fraction of sp³-hybridized carbons (Fsp3) is 0.320. The van der Waals surface area contributed by atoms with Crippen molar-refractivity contribution >= 4 is 5.95 Å². The van der Waals surface area contributed by atoms with Crippen molar-refractivity contribution in [3.05, 3.63) is 83.2 Å². The SMILES string of the molecule is COc1cc(CNc2nc3n(n2)CCCC3c2ccccc2C(F)(F)F)ccc1-n1cnc(C)c1. The lowest BCUT2D eigenvalue weighted by molar-refractivity contribution is -0.138. The number of aryl methyl sites for hydroxylation is 2. The molecule has 0 radical (unpaired) electrons. The summed E-state index contributed by atoms with van der Waals surface area (Å²) in [5.41, 5.74) is 2.36. The zero-order chi connectivity index (χ0) is 24.6. The Morgan fingerprint density at radius 3 is 2.74 bits per heavy atom. The van der Waals surface area contributed by atoms with Crippen molar-refractivity contribution in [1.29, 1.82) is 0 Å². The second-order valence-corrected chi connectivity index (χ2v) is 8.58. The highest BCUT2D eigenvalue weighted by Crippen LogP contribution is 2.40. The van der Waals surface area contributed by atoms with Gasteiger partial charge in [-0.05, 0) is 49.1 Å². The minimum atomic E-state index is -4.42. The molecule has 1 aliphatic rings. The summed E-state index contributed by atoms with van der Waals surface area (Å²) >= 11 is 0. The molecule has 2 aromatic carbocycles. The van der Waals surface area contributed by atoms with Crippen molar-refractivity contribution in [2.45, 2.75) is 44.9 Å². The summed E-state index contributed by atoms with van der Waals surface area (Å²) in [7, 11) is 1.61. The van der Waals surface area contributed by atoms with Crippen LogP contribution in [-0.2, 0) is 19.3 Å². The number of aromatic nitrogens is 5. The molecule has 1 atom stereocenters. The van der Waals surface area contributed by atoms with Gasteiger partial charge in [-0.2, -0.15) is 18.2 Å². The van der Waals surface area contributed by atoms with Crippen LogP contribution in [0.1, 0.15) is 47.0 Å². The van der Waals surface area contributed by atoms with E-state index in [2.05, 4.69) is 20.4 Å². The van der Waals surface area contributed by atoms with Crippen LogP contribution in [0.2, 0.25) is 0 Å². The molecule has 0 aliphatic carbocycles. The van der Waals surface area contributed by atoms with E-state index in [1.165, 1.54) is 6.07 Å². The lowest BCUT2D eigenvalue weighted by atomic mass is 9.88. The molecule has 1 N–H and O–H groups in total. The third kappa shape index (κ3) is 4.60. The monoisotopic (exact) mass is 482 g/mol. The summed E-state index contributed by atoms with van der Waals surface area (Å²) in [6, 6.07) is 11.6. The Bertz CT molecular complexity index is 1340. The number of alkyl halides is 3. The van der Waals surface area contributed by atoms with Crippen LogP contribution in [0.4, 0.5) is 19.1 Å². The van der Waals surface area contributed by atoms with Gasteiger partial charge in [0.05, 0.1) is 30.4 Å². The van der Waals surface area contributed by atoms with Gasteiger partial charge in [-0.15, -0.1) is 5.10 Å². The lowest BCUT2D eigenvalue weighted by Gasteiger charge is -2.25. The predicted molar refractivity (Wildman–Crippen MR) is 125 cm³/mol. The number of nitrogens with zero attached hydrogens (tertiary/aromatic N) is 5. The first-order chi connectivity index (χ1) is 16.8. The van der Waals surface area contributed by atoms with Crippen LogP contribution < -0.4 is 10.1 Å². The highest BCUT2D eigenvalue weighted by atomic mass is 19.4. The summed E-state index contributed by atoms with van der Waals surface area (Å²) < 4.78 is 50.0. The number of anilines is 1. The summed E-state index contributed by atoms with van der Waals surface area (Å²) in [5.74, 6) is 1.19. The predicted octanol–water partition coefficient (Wildman–Crippen LogP) is 5.34. The molecular formula is C25H25F3N6O. The largest absolute Gasteiger partial charge is 0.495 e. The van der Waals surface area contributed by atoms with Gasteiger partial charge in [0.15, 0.2) is 0 Å². The van der Waals surface area contributed by atoms with Gasteiger partial charge < -0.3 is 14.6 Å². The van der Waals surface area contributed by atoms with Gasteiger partial charge in [0, 0.05) is 25.2 Å². The molecule has 0 amide bonds. The normalized spacial score (nSPS) is 15.6. The van der Waals surface area contributed by atoms with Crippen molar-refractivity contribution < 1.29 is 17.9 Å². The summed E-state index contributed by atoms with van der Waals surface area (Å²) in [4.78, 5) is 8.85. The van der Waals surface area contributed by atoms with Gasteiger partial charge in [0.25, 0.3) is 0 Å². The lowest BCUT2D eigenvalue weighted by Crippen LogP contribution is -2.21. The van der Waals surface area contributed by atoms with Crippen LogP contribution in [0.5, 0.6) is 5.75 Å². The van der Waals surface area contributed by atoms with Crippen LogP contribution in [0, 0.1) is 6.92 Å². The second kappa shape index (κ2) is 9.09. The Morgan fingerprint density at radius 2 is 2.00 bits per heavy atom. The van der Waals surface area contributed by atoms with E-state index in [4.69, 9.17) is 4.74 Å². The number of fused-ring (bicyclic) bond motifs is 1. The summed E-state index contributed by atoms with van der Waals surface area (Å²) in [6.45, 7) is 2.99. The number of methoxy groups -OCH3 is 1. The molecule has 1 aliphatic heterocycles. The zero-order valence-corrected chi connectivity index (χ0v) is 19.4. The molecule has 10 heteroatoms. The van der Waals surface area contributed by atoms with Gasteiger partial charge >= 0.3 is 6.18 Å². The van der Waals surface area contributed by atoms with Crippen molar-refractivity contribution in [2.24, 2.45) is 0 Å². The fourth-order valence-corrected chi connectivity index (χ4v) is 4.56. The number of hydrogen-bond acceptors (Lipinski definition) is 5. The Morgan fingerprint density at radius 1 is 1.17 bits per heavy atom. The number of rotatable bonds is 6. The Hall–Kier alpha value is -3.82. The Labute approximate surface area is 200 Å². The maximum Gasteiger partial charge on any atom is 0.416 e. The van der Waals surface area contributed by atoms with Crippen molar-refractivity contribution in [3.8, 4) is 11.4 Å². The van der Waals surface area contributed by atoms with E-state index < -0.39 is 17.7 Å². The first kappa shape index (κ1) is 22.9. The molecule has 5 rings (SSSR count). The van der Waals surface area contributed by atoms with E-state index in [1.54, 1.807) is 30.3 Å². The number of ether oxygens (including phenoxy) is 1. The van der Waals surface area contributed by atoms with Gasteiger partial charge in [-0.1, -0.05) is 24.3 Å². The molecule has 3 heterocycles. The molecule has 4 aromatic rings. The highest BCUT2D eigenvalue weighted by Gasteiger charge is 2.37. The highest BCUT2D eigenvalue weighted by molar-refractivity contribution is 5.50. The maximum atomic E-state index is 13.6. The van der Waals surface area contributed by atoms with Gasteiger partial charge in [-0.25, -0.2) is 9.67 Å². The molecular weight excluding hydrogens is 457 g/mol. The van der Waals surface area contributed by atoms with Gasteiger partial charge in [0.2, 0.25) is 5.95 Å². The quantitative estimate of drug-likeness (QED) is 0.402. The first-order valence-electron chi connectivity index (χ1n) is 11.4. The second-order valence-electron chi connectivity index (χ2n) is 8.58. The Balaban J connectivity index is 1.37. The minimum Gasteiger partial charge on any atom is -0.495 e. The standard InChI is InChI=1S/C25H25F3N6O/c1-16-14-33(15-30-16)21-10-9-17(12-22(21)35-2)13-29-24-31-23-19(7-5-11-34(23)32-24)18-6-3-4-8-20(18)25(26,27)28/h3-4,6,8-10,12,14-15,19H,5,7,11,13H2,1-2H3,(H,29,32). The van der Waals surface area contributed by atoms with E-state index in [1.807, 2.05) is 35.9 Å². The van der Waals surface area contributed by atoms with Crippen LogP contribution in [0.15, 0.2) is 55.0 Å². The topological polar surface area (TPSA) is 69.8 Å². The average Bonchev–Trinajstić information content (AvgIpc) is 3.47. The van der Waals surface area contributed by atoms with E-state index in [0.29, 0.717) is 37.0 Å².